The molecule has 1 saturated heterocycles. The van der Waals surface area contributed by atoms with Gasteiger partial charge in [-0.25, -0.2) is 8.42 Å². The van der Waals surface area contributed by atoms with Gasteiger partial charge in [-0.05, 0) is 85.5 Å². The lowest BCUT2D eigenvalue weighted by Crippen LogP contribution is -2.29. The molecule has 8 nitrogen and oxygen atoms in total. The molecule has 3 aromatic carbocycles. The summed E-state index contributed by atoms with van der Waals surface area (Å²) < 4.78 is 33.5. The highest BCUT2D eigenvalue weighted by atomic mass is 35.5. The molecule has 10 heteroatoms. The summed E-state index contributed by atoms with van der Waals surface area (Å²) in [5, 5.41) is 3.26. The van der Waals surface area contributed by atoms with Crippen LogP contribution in [0.2, 0.25) is 5.02 Å². The van der Waals surface area contributed by atoms with E-state index in [1.807, 2.05) is 17.0 Å². The fourth-order valence-corrected chi connectivity index (χ4v) is 5.25. The van der Waals surface area contributed by atoms with Gasteiger partial charge >= 0.3 is 0 Å². The summed E-state index contributed by atoms with van der Waals surface area (Å²) in [6, 6.07) is 17.9. The Hall–Kier alpha value is -3.56. The lowest BCUT2D eigenvalue weighted by Gasteiger charge is -2.15. The molecular formula is C27H28ClN3O5S. The highest BCUT2D eigenvalue weighted by Crippen LogP contribution is 2.24. The fraction of sp³-hybridized carbons (Fsp3) is 0.259. The largest absolute Gasteiger partial charge is 0.483 e. The van der Waals surface area contributed by atoms with E-state index < -0.39 is 10.0 Å². The number of nitrogens with zero attached hydrogens (tertiary/aromatic N) is 1. The second kappa shape index (κ2) is 11.7. The number of amides is 2. The van der Waals surface area contributed by atoms with Crippen molar-refractivity contribution < 1.29 is 22.7 Å². The van der Waals surface area contributed by atoms with Crippen LogP contribution in [0.5, 0.6) is 5.75 Å². The molecule has 0 atom stereocenters. The Balaban J connectivity index is 1.29. The smallest absolute Gasteiger partial charge is 0.262 e. The number of carbonyl (C=O) groups is 2. The van der Waals surface area contributed by atoms with Crippen LogP contribution >= 0.6 is 11.6 Å². The summed E-state index contributed by atoms with van der Waals surface area (Å²) >= 11 is 5.85. The number of sulfonamides is 1. The number of rotatable bonds is 9. The Kier molecular flexibility index (Phi) is 8.35. The molecule has 194 valence electrons. The van der Waals surface area contributed by atoms with Crippen molar-refractivity contribution in [3.05, 3.63) is 82.9 Å². The van der Waals surface area contributed by atoms with Crippen LogP contribution in [0.3, 0.4) is 0 Å². The number of aryl methyl sites for hydroxylation is 1. The fourth-order valence-electron chi connectivity index (χ4n) is 3.98. The lowest BCUT2D eigenvalue weighted by molar-refractivity contribution is -0.129. The summed E-state index contributed by atoms with van der Waals surface area (Å²) in [7, 11) is -3.81. The summed E-state index contributed by atoms with van der Waals surface area (Å²) in [4.78, 5) is 26.6. The summed E-state index contributed by atoms with van der Waals surface area (Å²) in [5.41, 5.74) is 2.45. The van der Waals surface area contributed by atoms with Crippen molar-refractivity contribution >= 4 is 44.8 Å². The first-order chi connectivity index (χ1) is 17.7. The van der Waals surface area contributed by atoms with E-state index in [0.29, 0.717) is 34.1 Å². The van der Waals surface area contributed by atoms with Gasteiger partial charge in [0.15, 0.2) is 6.61 Å². The lowest BCUT2D eigenvalue weighted by atomic mass is 10.1. The molecule has 3 aromatic rings. The number of anilines is 2. The van der Waals surface area contributed by atoms with Crippen LogP contribution in [-0.2, 0) is 26.0 Å². The minimum Gasteiger partial charge on any atom is -0.483 e. The molecule has 0 aliphatic carbocycles. The minimum absolute atomic E-state index is 0.0695. The Labute approximate surface area is 221 Å². The zero-order chi connectivity index (χ0) is 26.4. The van der Waals surface area contributed by atoms with Gasteiger partial charge in [0.1, 0.15) is 5.75 Å². The molecule has 0 aromatic heterocycles. The van der Waals surface area contributed by atoms with Crippen LogP contribution in [0.25, 0.3) is 0 Å². The van der Waals surface area contributed by atoms with E-state index in [9.17, 15) is 18.0 Å². The number of likely N-dealkylation sites (tertiary alicyclic amines) is 1. The molecule has 0 radical (unpaired) electrons. The van der Waals surface area contributed by atoms with Crippen LogP contribution in [-0.4, -0.2) is 44.8 Å². The van der Waals surface area contributed by atoms with Crippen LogP contribution in [0.4, 0.5) is 11.4 Å². The molecule has 0 spiro atoms. The van der Waals surface area contributed by atoms with E-state index in [2.05, 4.69) is 10.0 Å². The first-order valence-corrected chi connectivity index (χ1v) is 13.7. The average Bonchev–Trinajstić information content (AvgIpc) is 3.41. The Morgan fingerprint density at radius 3 is 2.24 bits per heavy atom. The molecule has 0 unspecified atom stereocenters. The van der Waals surface area contributed by atoms with Crippen molar-refractivity contribution in [2.75, 3.05) is 29.7 Å². The zero-order valence-electron chi connectivity index (χ0n) is 20.4. The van der Waals surface area contributed by atoms with E-state index >= 15 is 0 Å². The number of nitrogens with one attached hydrogen (secondary N) is 2. The van der Waals surface area contributed by atoms with Gasteiger partial charge in [-0.15, -0.1) is 0 Å². The van der Waals surface area contributed by atoms with Gasteiger partial charge in [-0.1, -0.05) is 23.7 Å². The van der Waals surface area contributed by atoms with E-state index in [4.69, 9.17) is 16.3 Å². The van der Waals surface area contributed by atoms with Gasteiger partial charge in [0.25, 0.3) is 15.9 Å². The maximum atomic E-state index is 12.7. The van der Waals surface area contributed by atoms with Gasteiger partial charge in [-0.2, -0.15) is 0 Å². The topological polar surface area (TPSA) is 105 Å². The second-order valence-corrected chi connectivity index (χ2v) is 11.0. The summed E-state index contributed by atoms with van der Waals surface area (Å²) in [5.74, 6) is 0.162. The van der Waals surface area contributed by atoms with Crippen molar-refractivity contribution in [2.24, 2.45) is 0 Å². The van der Waals surface area contributed by atoms with E-state index in [1.54, 1.807) is 43.3 Å². The Morgan fingerprint density at radius 1 is 0.946 bits per heavy atom. The second-order valence-electron chi connectivity index (χ2n) is 8.84. The third-order valence-electron chi connectivity index (χ3n) is 5.96. The Bertz CT molecular complexity index is 1370. The zero-order valence-corrected chi connectivity index (χ0v) is 21.9. The van der Waals surface area contributed by atoms with E-state index in [-0.39, 0.29) is 23.3 Å². The van der Waals surface area contributed by atoms with Crippen LogP contribution in [0, 0.1) is 6.92 Å². The SMILES string of the molecule is Cc1cc(S(=O)(=O)Nc2ccc(Cl)cc2)ccc1OCC(=O)Nc1ccc(CC(=O)N2CCCC2)cc1. The third kappa shape index (κ3) is 7.24. The quantitative estimate of drug-likeness (QED) is 0.411. The molecule has 1 aliphatic heterocycles. The normalized spacial score (nSPS) is 13.3. The van der Waals surface area contributed by atoms with Gasteiger partial charge in [0.2, 0.25) is 5.91 Å². The monoisotopic (exact) mass is 541 g/mol. The molecule has 37 heavy (non-hydrogen) atoms. The Morgan fingerprint density at radius 2 is 1.59 bits per heavy atom. The number of benzene rings is 3. The summed E-state index contributed by atoms with van der Waals surface area (Å²) in [6.07, 6.45) is 2.46. The third-order valence-corrected chi connectivity index (χ3v) is 7.59. The minimum atomic E-state index is -3.81. The molecule has 1 aliphatic rings. The first-order valence-electron chi connectivity index (χ1n) is 11.9. The van der Waals surface area contributed by atoms with Crippen molar-refractivity contribution in [1.82, 2.24) is 4.90 Å². The molecule has 1 heterocycles. The number of ether oxygens (including phenoxy) is 1. The maximum absolute atomic E-state index is 12.7. The van der Waals surface area contributed by atoms with E-state index in [0.717, 1.165) is 31.5 Å². The van der Waals surface area contributed by atoms with Crippen LogP contribution in [0.15, 0.2) is 71.6 Å². The molecular weight excluding hydrogens is 514 g/mol. The molecule has 1 fully saturated rings. The van der Waals surface area contributed by atoms with Crippen LogP contribution < -0.4 is 14.8 Å². The highest BCUT2D eigenvalue weighted by molar-refractivity contribution is 7.92. The van der Waals surface area contributed by atoms with Gasteiger partial charge in [0.05, 0.1) is 11.3 Å². The number of hydrogen-bond donors (Lipinski definition) is 2. The average molecular weight is 542 g/mol. The van der Waals surface area contributed by atoms with Crippen molar-refractivity contribution in [2.45, 2.75) is 31.1 Å². The predicted molar refractivity (Wildman–Crippen MR) is 144 cm³/mol. The molecule has 2 N–H and O–H groups in total. The van der Waals surface area contributed by atoms with Gasteiger partial charge in [0, 0.05) is 29.5 Å². The standard InChI is InChI=1S/C27H28ClN3O5S/c1-19-16-24(37(34,35)30-23-10-6-21(28)7-11-23)12-13-25(19)36-18-26(32)29-22-8-4-20(5-9-22)17-27(33)31-14-2-3-15-31/h4-13,16,30H,2-3,14-15,17-18H2,1H3,(H,29,32). The molecule has 0 saturated carbocycles. The maximum Gasteiger partial charge on any atom is 0.262 e. The molecule has 2 amide bonds. The number of hydrogen-bond acceptors (Lipinski definition) is 5. The summed E-state index contributed by atoms with van der Waals surface area (Å²) in [6.45, 7) is 3.11. The first kappa shape index (κ1) is 26.5. The molecule has 0 bridgehead atoms. The van der Waals surface area contributed by atoms with Crippen molar-refractivity contribution in [3.63, 3.8) is 0 Å². The number of carbonyl (C=O) groups excluding carboxylic acids is 2. The number of halogens is 1. The van der Waals surface area contributed by atoms with Gasteiger partial charge < -0.3 is 15.0 Å². The van der Waals surface area contributed by atoms with Crippen LogP contribution in [0.1, 0.15) is 24.0 Å². The molecule has 4 rings (SSSR count). The highest BCUT2D eigenvalue weighted by Gasteiger charge is 2.18. The van der Waals surface area contributed by atoms with E-state index in [1.165, 1.54) is 18.2 Å². The predicted octanol–water partition coefficient (Wildman–Crippen LogP) is 4.63. The van der Waals surface area contributed by atoms with Crippen molar-refractivity contribution in [1.29, 1.82) is 0 Å². The van der Waals surface area contributed by atoms with Crippen molar-refractivity contribution in [3.8, 4) is 5.75 Å². The van der Waals surface area contributed by atoms with Gasteiger partial charge in [-0.3, -0.25) is 14.3 Å².